The molecule has 0 spiro atoms. The van der Waals surface area contributed by atoms with Crippen LogP contribution >= 0.6 is 11.3 Å². The van der Waals surface area contributed by atoms with E-state index in [0.717, 1.165) is 30.5 Å². The third kappa shape index (κ3) is 3.57. The Morgan fingerprint density at radius 3 is 2.57 bits per heavy atom. The van der Waals surface area contributed by atoms with Crippen LogP contribution < -0.4 is 15.5 Å². The zero-order chi connectivity index (χ0) is 14.5. The molecule has 1 aliphatic rings. The Balaban J connectivity index is 1.77. The summed E-state index contributed by atoms with van der Waals surface area (Å²) in [6, 6.07) is 0. The van der Waals surface area contributed by atoms with Gasteiger partial charge in [-0.2, -0.15) is 15.0 Å². The lowest BCUT2D eigenvalue weighted by atomic mass is 10.4. The first-order valence-corrected chi connectivity index (χ1v) is 8.09. The molecule has 3 rings (SSSR count). The summed E-state index contributed by atoms with van der Waals surface area (Å²) in [6.07, 6.45) is 4.25. The Morgan fingerprint density at radius 2 is 1.90 bits per heavy atom. The Labute approximate surface area is 127 Å². The molecule has 0 unspecified atom stereocenters. The monoisotopic (exact) mass is 305 g/mol. The van der Waals surface area contributed by atoms with Crippen molar-refractivity contribution in [2.45, 2.75) is 26.3 Å². The van der Waals surface area contributed by atoms with Crippen LogP contribution in [0.15, 0.2) is 11.7 Å². The highest BCUT2D eigenvalue weighted by molar-refractivity contribution is 7.09. The number of hydrogen-bond donors (Lipinski definition) is 2. The minimum absolute atomic E-state index is 0.608. The van der Waals surface area contributed by atoms with E-state index < -0.39 is 0 Å². The fourth-order valence-corrected chi connectivity index (χ4v) is 2.77. The topological polar surface area (TPSA) is 78.9 Å². The Hall–Kier alpha value is -1.96. The number of anilines is 3. The highest BCUT2D eigenvalue weighted by Crippen LogP contribution is 2.19. The van der Waals surface area contributed by atoms with Crippen LogP contribution in [0.4, 0.5) is 17.8 Å². The van der Waals surface area contributed by atoms with E-state index in [1.807, 2.05) is 18.6 Å². The first kappa shape index (κ1) is 14.0. The lowest BCUT2D eigenvalue weighted by molar-refractivity contribution is 0.875. The van der Waals surface area contributed by atoms with Crippen LogP contribution in [0.2, 0.25) is 0 Å². The van der Waals surface area contributed by atoms with Crippen LogP contribution in [0.1, 0.15) is 24.6 Å². The van der Waals surface area contributed by atoms with Gasteiger partial charge in [0.05, 0.1) is 12.1 Å². The quantitative estimate of drug-likeness (QED) is 0.844. The molecule has 1 aliphatic heterocycles. The van der Waals surface area contributed by atoms with Crippen molar-refractivity contribution in [2.24, 2.45) is 0 Å². The molecule has 21 heavy (non-hydrogen) atoms. The molecule has 0 amide bonds. The van der Waals surface area contributed by atoms with Crippen LogP contribution in [0.25, 0.3) is 0 Å². The molecular weight excluding hydrogens is 286 g/mol. The molecule has 0 saturated carbocycles. The van der Waals surface area contributed by atoms with E-state index in [9.17, 15) is 0 Å². The lowest BCUT2D eigenvalue weighted by Gasteiger charge is -2.17. The summed E-state index contributed by atoms with van der Waals surface area (Å²) >= 11 is 1.62. The second-order valence-electron chi connectivity index (χ2n) is 4.83. The van der Waals surface area contributed by atoms with Gasteiger partial charge in [-0.25, -0.2) is 0 Å². The average molecular weight is 305 g/mol. The molecule has 0 aliphatic carbocycles. The molecule has 1 fully saturated rings. The lowest BCUT2D eigenvalue weighted by Crippen LogP contribution is -2.22. The molecule has 2 N–H and O–H groups in total. The van der Waals surface area contributed by atoms with Crippen molar-refractivity contribution in [1.29, 1.82) is 0 Å². The van der Waals surface area contributed by atoms with Gasteiger partial charge in [-0.15, -0.1) is 11.3 Å². The predicted octanol–water partition coefficient (Wildman–Crippen LogP) is 1.97. The van der Waals surface area contributed by atoms with Crippen LogP contribution in [0.5, 0.6) is 0 Å². The second kappa shape index (κ2) is 6.66. The van der Waals surface area contributed by atoms with Crippen molar-refractivity contribution < 1.29 is 0 Å². The van der Waals surface area contributed by atoms with Crippen LogP contribution in [-0.2, 0) is 6.54 Å². The first-order chi connectivity index (χ1) is 10.3. The number of thiazole rings is 1. The average Bonchev–Trinajstić information content (AvgIpc) is 3.19. The third-order valence-corrected chi connectivity index (χ3v) is 4.03. The zero-order valence-corrected chi connectivity index (χ0v) is 12.9. The van der Waals surface area contributed by atoms with E-state index in [1.54, 1.807) is 11.3 Å². The summed E-state index contributed by atoms with van der Waals surface area (Å²) in [6.45, 7) is 5.54. The second-order valence-corrected chi connectivity index (χ2v) is 5.80. The Bertz CT molecular complexity index is 566. The zero-order valence-electron chi connectivity index (χ0n) is 12.0. The van der Waals surface area contributed by atoms with Gasteiger partial charge in [0.2, 0.25) is 17.8 Å². The van der Waals surface area contributed by atoms with E-state index >= 15 is 0 Å². The van der Waals surface area contributed by atoms with Crippen LogP contribution in [-0.4, -0.2) is 39.6 Å². The van der Waals surface area contributed by atoms with Gasteiger partial charge in [0.25, 0.3) is 0 Å². The van der Waals surface area contributed by atoms with E-state index in [2.05, 4.69) is 35.5 Å². The third-order valence-electron chi connectivity index (χ3n) is 3.25. The minimum atomic E-state index is 0.608. The van der Waals surface area contributed by atoms with E-state index in [4.69, 9.17) is 0 Å². The highest BCUT2D eigenvalue weighted by atomic mass is 32.1. The number of hydrogen-bond acceptors (Lipinski definition) is 8. The molecule has 1 saturated heterocycles. The normalized spacial score (nSPS) is 14.4. The van der Waals surface area contributed by atoms with Crippen molar-refractivity contribution in [3.05, 3.63) is 16.6 Å². The maximum Gasteiger partial charge on any atom is 0.231 e. The summed E-state index contributed by atoms with van der Waals surface area (Å²) in [5.41, 5.74) is 1.82. The van der Waals surface area contributed by atoms with Crippen molar-refractivity contribution in [2.75, 3.05) is 35.2 Å². The SMILES string of the molecule is CCNc1nc(NCc2cncs2)nc(N2CCCC2)n1. The van der Waals surface area contributed by atoms with E-state index in [0.29, 0.717) is 18.4 Å². The summed E-state index contributed by atoms with van der Waals surface area (Å²) in [7, 11) is 0. The van der Waals surface area contributed by atoms with Crippen LogP contribution in [0.3, 0.4) is 0 Å². The van der Waals surface area contributed by atoms with Crippen LogP contribution in [0, 0.1) is 0 Å². The number of nitrogens with zero attached hydrogens (tertiary/aromatic N) is 5. The predicted molar refractivity (Wildman–Crippen MR) is 84.9 cm³/mol. The molecule has 2 aromatic heterocycles. The van der Waals surface area contributed by atoms with Crippen molar-refractivity contribution >= 4 is 29.2 Å². The van der Waals surface area contributed by atoms with Gasteiger partial charge in [0, 0.05) is 30.7 Å². The van der Waals surface area contributed by atoms with Gasteiger partial charge in [-0.1, -0.05) is 0 Å². The summed E-state index contributed by atoms with van der Waals surface area (Å²) in [5, 5.41) is 6.42. The fraction of sp³-hybridized carbons (Fsp3) is 0.538. The molecule has 112 valence electrons. The molecule has 3 heterocycles. The molecule has 0 aromatic carbocycles. The molecule has 8 heteroatoms. The number of rotatable bonds is 6. The van der Waals surface area contributed by atoms with Gasteiger partial charge in [0.1, 0.15) is 0 Å². The molecule has 0 atom stereocenters. The molecular formula is C13H19N7S. The maximum atomic E-state index is 4.53. The Kier molecular flexibility index (Phi) is 4.44. The minimum Gasteiger partial charge on any atom is -0.354 e. The van der Waals surface area contributed by atoms with Gasteiger partial charge in [-0.05, 0) is 19.8 Å². The fourth-order valence-electron chi connectivity index (χ4n) is 2.24. The van der Waals surface area contributed by atoms with Gasteiger partial charge >= 0.3 is 0 Å². The first-order valence-electron chi connectivity index (χ1n) is 7.21. The highest BCUT2D eigenvalue weighted by Gasteiger charge is 2.17. The molecule has 0 radical (unpaired) electrons. The van der Waals surface area contributed by atoms with Gasteiger partial charge in [-0.3, -0.25) is 4.98 Å². The maximum absolute atomic E-state index is 4.53. The summed E-state index contributed by atoms with van der Waals surface area (Å²) < 4.78 is 0. The largest absolute Gasteiger partial charge is 0.354 e. The molecule has 7 nitrogen and oxygen atoms in total. The van der Waals surface area contributed by atoms with E-state index in [1.165, 1.54) is 12.8 Å². The summed E-state index contributed by atoms with van der Waals surface area (Å²) in [4.78, 5) is 20.9. The molecule has 2 aromatic rings. The smallest absolute Gasteiger partial charge is 0.231 e. The summed E-state index contributed by atoms with van der Waals surface area (Å²) in [5.74, 6) is 1.99. The van der Waals surface area contributed by atoms with E-state index in [-0.39, 0.29) is 0 Å². The number of aromatic nitrogens is 4. The van der Waals surface area contributed by atoms with Crippen molar-refractivity contribution in [3.63, 3.8) is 0 Å². The Morgan fingerprint density at radius 1 is 1.14 bits per heavy atom. The molecule has 0 bridgehead atoms. The number of nitrogens with one attached hydrogen (secondary N) is 2. The van der Waals surface area contributed by atoms with Gasteiger partial charge in [0.15, 0.2) is 0 Å². The standard InChI is InChI=1S/C13H19N7S/c1-2-15-11-17-12(16-8-10-7-14-9-21-10)19-13(18-11)20-5-3-4-6-20/h7,9H,2-6,8H2,1H3,(H2,15,16,17,18,19). The van der Waals surface area contributed by atoms with Gasteiger partial charge < -0.3 is 15.5 Å². The van der Waals surface area contributed by atoms with Crippen molar-refractivity contribution in [1.82, 2.24) is 19.9 Å². The van der Waals surface area contributed by atoms with Crippen molar-refractivity contribution in [3.8, 4) is 0 Å².